The number of anilines is 1. The second-order valence-electron chi connectivity index (χ2n) is 7.25. The van der Waals surface area contributed by atoms with Crippen molar-refractivity contribution in [1.29, 1.82) is 0 Å². The van der Waals surface area contributed by atoms with Gasteiger partial charge in [0.2, 0.25) is 15.9 Å². The Morgan fingerprint density at radius 2 is 1.50 bits per heavy atom. The fraction of sp³-hybridized carbons (Fsp3) is 0.381. The van der Waals surface area contributed by atoms with Gasteiger partial charge in [-0.15, -0.1) is 0 Å². The molecule has 0 bridgehead atoms. The lowest BCUT2D eigenvalue weighted by Crippen LogP contribution is -2.31. The van der Waals surface area contributed by atoms with Crippen LogP contribution in [-0.2, 0) is 21.2 Å². The second kappa shape index (κ2) is 9.61. The molecule has 1 N–H and O–H groups in total. The lowest BCUT2D eigenvalue weighted by atomic mass is 10.1. The van der Waals surface area contributed by atoms with Crippen LogP contribution in [0.4, 0.5) is 18.9 Å². The van der Waals surface area contributed by atoms with E-state index in [9.17, 15) is 26.4 Å². The van der Waals surface area contributed by atoms with Gasteiger partial charge in [0.05, 0.1) is 4.90 Å². The molecule has 1 amide bonds. The van der Waals surface area contributed by atoms with Crippen LogP contribution < -0.4 is 5.32 Å². The third-order valence-electron chi connectivity index (χ3n) is 5.04. The van der Waals surface area contributed by atoms with E-state index in [2.05, 4.69) is 5.32 Å². The number of aryl methyl sites for hydroxylation is 1. The molecule has 3 rings (SSSR count). The number of carbonyl (C=O) groups is 1. The molecule has 1 aliphatic heterocycles. The third-order valence-corrected chi connectivity index (χ3v) is 6.95. The quantitative estimate of drug-likeness (QED) is 0.731. The molecule has 1 saturated heterocycles. The average molecular weight is 440 g/mol. The molecule has 1 heterocycles. The van der Waals surface area contributed by atoms with E-state index in [1.807, 2.05) is 0 Å². The zero-order valence-corrected chi connectivity index (χ0v) is 17.2. The molecule has 5 nitrogen and oxygen atoms in total. The molecule has 1 aliphatic rings. The molecule has 162 valence electrons. The van der Waals surface area contributed by atoms with Crippen molar-refractivity contribution in [2.45, 2.75) is 43.4 Å². The minimum absolute atomic E-state index is 0.0749. The van der Waals surface area contributed by atoms with Crippen LogP contribution in [0, 0.1) is 17.5 Å². The summed E-state index contributed by atoms with van der Waals surface area (Å²) in [7, 11) is -3.55. The van der Waals surface area contributed by atoms with E-state index in [1.54, 1.807) is 12.1 Å². The van der Waals surface area contributed by atoms with Crippen molar-refractivity contribution in [1.82, 2.24) is 4.31 Å². The van der Waals surface area contributed by atoms with E-state index in [1.165, 1.54) is 16.4 Å². The summed E-state index contributed by atoms with van der Waals surface area (Å²) in [4.78, 5) is 12.2. The van der Waals surface area contributed by atoms with Gasteiger partial charge in [-0.2, -0.15) is 4.31 Å². The van der Waals surface area contributed by atoms with Crippen LogP contribution in [0.15, 0.2) is 41.3 Å². The van der Waals surface area contributed by atoms with Crippen LogP contribution in [-0.4, -0.2) is 31.7 Å². The lowest BCUT2D eigenvalue weighted by Gasteiger charge is -2.20. The first kappa shape index (κ1) is 22.3. The van der Waals surface area contributed by atoms with Crippen LogP contribution in [0.3, 0.4) is 0 Å². The number of carbonyl (C=O) groups excluding carboxylic acids is 1. The highest BCUT2D eigenvalue weighted by atomic mass is 32.2. The number of amides is 1. The van der Waals surface area contributed by atoms with Crippen molar-refractivity contribution in [2.75, 3.05) is 18.4 Å². The largest absolute Gasteiger partial charge is 0.321 e. The Morgan fingerprint density at radius 3 is 2.07 bits per heavy atom. The molecule has 0 unspecified atom stereocenters. The molecular formula is C21H23F3N2O3S. The van der Waals surface area contributed by atoms with Crippen molar-refractivity contribution in [3.63, 3.8) is 0 Å². The van der Waals surface area contributed by atoms with Gasteiger partial charge in [-0.3, -0.25) is 4.79 Å². The van der Waals surface area contributed by atoms with E-state index in [-0.39, 0.29) is 17.7 Å². The highest BCUT2D eigenvalue weighted by Gasteiger charge is 2.25. The van der Waals surface area contributed by atoms with Gasteiger partial charge in [-0.1, -0.05) is 25.0 Å². The van der Waals surface area contributed by atoms with E-state index in [4.69, 9.17) is 0 Å². The molecular weight excluding hydrogens is 417 g/mol. The maximum atomic E-state index is 13.6. The third kappa shape index (κ3) is 5.40. The number of nitrogens with zero attached hydrogens (tertiary/aromatic N) is 1. The summed E-state index contributed by atoms with van der Waals surface area (Å²) < 4.78 is 67.2. The number of hydrogen-bond donors (Lipinski definition) is 1. The zero-order valence-electron chi connectivity index (χ0n) is 16.3. The van der Waals surface area contributed by atoms with Crippen LogP contribution >= 0.6 is 0 Å². The van der Waals surface area contributed by atoms with Crippen molar-refractivity contribution in [3.05, 3.63) is 59.4 Å². The first-order valence-electron chi connectivity index (χ1n) is 9.81. The average Bonchev–Trinajstić information content (AvgIpc) is 2.99. The topological polar surface area (TPSA) is 66.5 Å². The number of hydrogen-bond acceptors (Lipinski definition) is 3. The summed E-state index contributed by atoms with van der Waals surface area (Å²) in [5, 5.41) is 2.10. The molecule has 0 radical (unpaired) electrons. The fourth-order valence-corrected chi connectivity index (χ4v) is 4.90. The summed E-state index contributed by atoms with van der Waals surface area (Å²) in [6.07, 6.45) is 3.93. The van der Waals surface area contributed by atoms with Crippen LogP contribution in [0.5, 0.6) is 0 Å². The molecule has 0 saturated carbocycles. The van der Waals surface area contributed by atoms with Crippen LogP contribution in [0.1, 0.15) is 37.7 Å². The van der Waals surface area contributed by atoms with Crippen molar-refractivity contribution in [3.8, 4) is 0 Å². The van der Waals surface area contributed by atoms with Gasteiger partial charge >= 0.3 is 0 Å². The number of sulfonamides is 1. The number of rotatable bonds is 6. The first-order valence-corrected chi connectivity index (χ1v) is 11.2. The highest BCUT2D eigenvalue weighted by molar-refractivity contribution is 7.89. The Hall–Kier alpha value is -2.39. The van der Waals surface area contributed by atoms with Gasteiger partial charge in [0.25, 0.3) is 0 Å². The lowest BCUT2D eigenvalue weighted by molar-refractivity contribution is -0.116. The predicted molar refractivity (Wildman–Crippen MR) is 107 cm³/mol. The Morgan fingerprint density at radius 1 is 0.933 bits per heavy atom. The molecule has 0 spiro atoms. The van der Waals surface area contributed by atoms with Crippen LogP contribution in [0.2, 0.25) is 0 Å². The van der Waals surface area contributed by atoms with Crippen molar-refractivity contribution < 1.29 is 26.4 Å². The minimum Gasteiger partial charge on any atom is -0.321 e. The molecule has 2 aromatic rings. The fourth-order valence-electron chi connectivity index (χ4n) is 3.38. The summed E-state index contributed by atoms with van der Waals surface area (Å²) >= 11 is 0. The smallest absolute Gasteiger partial charge is 0.243 e. The standard InChI is InChI=1S/C21H23F3N2O3S/c22-16-13-18(23)21(19(24)14-16)25-20(27)10-7-15-5-8-17(9-6-15)30(28,29)26-11-3-1-2-4-12-26/h5-6,8-9,13-14H,1-4,7,10-12H2,(H,25,27). The van der Waals surface area contributed by atoms with E-state index in [0.29, 0.717) is 30.8 Å². The molecule has 1 fully saturated rings. The van der Waals surface area contributed by atoms with Gasteiger partial charge in [-0.25, -0.2) is 21.6 Å². The van der Waals surface area contributed by atoms with E-state index >= 15 is 0 Å². The van der Waals surface area contributed by atoms with Gasteiger partial charge in [0.15, 0.2) is 11.6 Å². The summed E-state index contributed by atoms with van der Waals surface area (Å²) in [6.45, 7) is 1.03. The number of halogens is 3. The first-order chi connectivity index (χ1) is 14.3. The molecule has 0 aromatic heterocycles. The summed E-state index contributed by atoms with van der Waals surface area (Å²) in [6, 6.07) is 7.23. The van der Waals surface area contributed by atoms with Gasteiger partial charge in [0.1, 0.15) is 11.5 Å². The maximum Gasteiger partial charge on any atom is 0.243 e. The Kier molecular flexibility index (Phi) is 7.14. The maximum absolute atomic E-state index is 13.6. The number of benzene rings is 2. The van der Waals surface area contributed by atoms with E-state index in [0.717, 1.165) is 25.7 Å². The van der Waals surface area contributed by atoms with Gasteiger partial charge in [-0.05, 0) is 37.0 Å². The Labute approximate surface area is 173 Å². The number of nitrogens with one attached hydrogen (secondary N) is 1. The molecule has 9 heteroatoms. The SMILES string of the molecule is O=C(CCc1ccc(S(=O)(=O)N2CCCCCC2)cc1)Nc1c(F)cc(F)cc1F. The second-order valence-corrected chi connectivity index (χ2v) is 9.19. The van der Waals surface area contributed by atoms with Gasteiger partial charge < -0.3 is 5.32 Å². The summed E-state index contributed by atoms with van der Waals surface area (Å²) in [5.41, 5.74) is 0.0142. The predicted octanol–water partition coefficient (Wildman–Crippen LogP) is 4.24. The Bertz CT molecular complexity index is 980. The minimum atomic E-state index is -3.55. The molecule has 0 atom stereocenters. The zero-order chi connectivity index (χ0) is 21.7. The summed E-state index contributed by atoms with van der Waals surface area (Å²) in [5.74, 6) is -4.09. The molecule has 30 heavy (non-hydrogen) atoms. The van der Waals surface area contributed by atoms with Crippen molar-refractivity contribution >= 4 is 21.6 Å². The van der Waals surface area contributed by atoms with E-state index < -0.39 is 39.1 Å². The van der Waals surface area contributed by atoms with Gasteiger partial charge in [0, 0.05) is 31.6 Å². The highest BCUT2D eigenvalue weighted by Crippen LogP contribution is 2.22. The monoisotopic (exact) mass is 440 g/mol. The van der Waals surface area contributed by atoms with Crippen molar-refractivity contribution in [2.24, 2.45) is 0 Å². The molecule has 0 aliphatic carbocycles. The normalized spacial score (nSPS) is 15.6. The Balaban J connectivity index is 1.60. The van der Waals surface area contributed by atoms with Crippen LogP contribution in [0.25, 0.3) is 0 Å². The molecule has 2 aromatic carbocycles.